The van der Waals surface area contributed by atoms with Crippen molar-refractivity contribution < 1.29 is 9.59 Å². The Morgan fingerprint density at radius 2 is 2.04 bits per heavy atom. The van der Waals surface area contributed by atoms with Crippen molar-refractivity contribution in [2.45, 2.75) is 24.9 Å². The number of amides is 2. The van der Waals surface area contributed by atoms with E-state index in [1.54, 1.807) is 29.2 Å². The molecule has 1 aliphatic heterocycles. The maximum absolute atomic E-state index is 12.7. The number of fused-ring (bicyclic) bond motifs is 1. The minimum atomic E-state index is -0.649. The molecule has 1 saturated heterocycles. The van der Waals surface area contributed by atoms with Crippen LogP contribution in [0.2, 0.25) is 0 Å². The summed E-state index contributed by atoms with van der Waals surface area (Å²) in [5, 5.41) is 7.44. The SMILES string of the molecule is O=C(Cn1ncc(=O)c2ccccc21)N1CCNC(=O)C12CC2. The van der Waals surface area contributed by atoms with Gasteiger partial charge < -0.3 is 10.2 Å². The Hall–Kier alpha value is -2.70. The zero-order valence-corrected chi connectivity index (χ0v) is 12.5. The molecule has 2 aromatic rings. The smallest absolute Gasteiger partial charge is 0.246 e. The van der Waals surface area contributed by atoms with Gasteiger partial charge in [-0.3, -0.25) is 19.1 Å². The lowest BCUT2D eigenvalue weighted by Gasteiger charge is -2.35. The molecule has 0 radical (unpaired) electrons. The van der Waals surface area contributed by atoms with Crippen molar-refractivity contribution in [3.63, 3.8) is 0 Å². The molecule has 1 aliphatic carbocycles. The van der Waals surface area contributed by atoms with E-state index in [-0.39, 0.29) is 23.8 Å². The van der Waals surface area contributed by atoms with Gasteiger partial charge in [0, 0.05) is 18.5 Å². The van der Waals surface area contributed by atoms with Gasteiger partial charge in [-0.15, -0.1) is 0 Å². The molecule has 1 spiro atoms. The van der Waals surface area contributed by atoms with Crippen molar-refractivity contribution in [3.8, 4) is 0 Å². The molecule has 7 nitrogen and oxygen atoms in total. The number of benzene rings is 1. The molecule has 4 rings (SSSR count). The number of piperazine rings is 1. The Bertz CT molecular complexity index is 869. The van der Waals surface area contributed by atoms with Crippen LogP contribution in [0.25, 0.3) is 10.9 Å². The number of hydrogen-bond donors (Lipinski definition) is 1. The van der Waals surface area contributed by atoms with E-state index in [0.717, 1.165) is 0 Å². The van der Waals surface area contributed by atoms with Crippen LogP contribution in [-0.2, 0) is 16.1 Å². The van der Waals surface area contributed by atoms with Crippen LogP contribution in [0.5, 0.6) is 0 Å². The summed E-state index contributed by atoms with van der Waals surface area (Å²) >= 11 is 0. The molecular formula is C16H16N4O3. The predicted octanol–water partition coefficient (Wildman–Crippen LogP) is -0.113. The van der Waals surface area contributed by atoms with Crippen LogP contribution < -0.4 is 10.7 Å². The van der Waals surface area contributed by atoms with Gasteiger partial charge in [0.25, 0.3) is 0 Å². The zero-order valence-electron chi connectivity index (χ0n) is 12.5. The Morgan fingerprint density at radius 3 is 2.83 bits per heavy atom. The summed E-state index contributed by atoms with van der Waals surface area (Å²) in [5.41, 5.74) is -0.190. The molecule has 0 atom stereocenters. The van der Waals surface area contributed by atoms with Crippen molar-refractivity contribution in [1.29, 1.82) is 0 Å². The lowest BCUT2D eigenvalue weighted by Crippen LogP contribution is -2.59. The molecule has 2 heterocycles. The van der Waals surface area contributed by atoms with Gasteiger partial charge >= 0.3 is 0 Å². The predicted molar refractivity (Wildman–Crippen MR) is 82.7 cm³/mol. The zero-order chi connectivity index (χ0) is 16.0. The van der Waals surface area contributed by atoms with E-state index in [2.05, 4.69) is 10.4 Å². The molecule has 1 saturated carbocycles. The number of para-hydroxylation sites is 1. The van der Waals surface area contributed by atoms with Gasteiger partial charge in [0.1, 0.15) is 12.1 Å². The van der Waals surface area contributed by atoms with E-state index in [9.17, 15) is 14.4 Å². The highest BCUT2D eigenvalue weighted by molar-refractivity contribution is 5.95. The molecule has 1 aromatic carbocycles. The van der Waals surface area contributed by atoms with E-state index in [0.29, 0.717) is 36.8 Å². The number of rotatable bonds is 2. The summed E-state index contributed by atoms with van der Waals surface area (Å²) in [4.78, 5) is 38.3. The summed E-state index contributed by atoms with van der Waals surface area (Å²) < 4.78 is 1.53. The second kappa shape index (κ2) is 4.91. The summed E-state index contributed by atoms with van der Waals surface area (Å²) in [5.74, 6) is -0.200. The third-order valence-electron chi connectivity index (χ3n) is 4.63. The molecule has 1 aromatic heterocycles. The monoisotopic (exact) mass is 312 g/mol. The van der Waals surface area contributed by atoms with Crippen molar-refractivity contribution in [3.05, 3.63) is 40.7 Å². The average molecular weight is 312 g/mol. The van der Waals surface area contributed by atoms with E-state index < -0.39 is 5.54 Å². The Morgan fingerprint density at radius 1 is 1.26 bits per heavy atom. The molecule has 23 heavy (non-hydrogen) atoms. The van der Waals surface area contributed by atoms with Crippen molar-refractivity contribution in [2.75, 3.05) is 13.1 Å². The van der Waals surface area contributed by atoms with Crippen LogP contribution in [-0.4, -0.2) is 45.1 Å². The molecule has 0 unspecified atom stereocenters. The third-order valence-corrected chi connectivity index (χ3v) is 4.63. The van der Waals surface area contributed by atoms with Gasteiger partial charge in [-0.05, 0) is 25.0 Å². The fraction of sp³-hybridized carbons (Fsp3) is 0.375. The quantitative estimate of drug-likeness (QED) is 0.838. The van der Waals surface area contributed by atoms with Gasteiger partial charge in [0.2, 0.25) is 17.2 Å². The normalized spacial score (nSPS) is 19.0. The van der Waals surface area contributed by atoms with Crippen molar-refractivity contribution >= 4 is 22.7 Å². The van der Waals surface area contributed by atoms with Crippen LogP contribution in [0.3, 0.4) is 0 Å². The van der Waals surface area contributed by atoms with Gasteiger partial charge in [-0.25, -0.2) is 0 Å². The maximum atomic E-state index is 12.7. The largest absolute Gasteiger partial charge is 0.352 e. The summed E-state index contributed by atoms with van der Waals surface area (Å²) in [6.07, 6.45) is 2.65. The van der Waals surface area contributed by atoms with Gasteiger partial charge in [-0.1, -0.05) is 12.1 Å². The summed E-state index contributed by atoms with van der Waals surface area (Å²) in [6, 6.07) is 7.08. The fourth-order valence-electron chi connectivity index (χ4n) is 3.26. The summed E-state index contributed by atoms with van der Waals surface area (Å²) in [7, 11) is 0. The third kappa shape index (κ3) is 2.11. The van der Waals surface area contributed by atoms with Crippen LogP contribution in [0.4, 0.5) is 0 Å². The van der Waals surface area contributed by atoms with E-state index in [1.807, 2.05) is 0 Å². The van der Waals surface area contributed by atoms with Crippen LogP contribution in [0.15, 0.2) is 35.3 Å². The number of nitrogens with one attached hydrogen (secondary N) is 1. The average Bonchev–Trinajstić information content (AvgIpc) is 3.34. The lowest BCUT2D eigenvalue weighted by molar-refractivity contribution is -0.145. The van der Waals surface area contributed by atoms with Gasteiger partial charge in [0.05, 0.1) is 11.7 Å². The highest BCUT2D eigenvalue weighted by Gasteiger charge is 2.57. The highest BCUT2D eigenvalue weighted by Crippen LogP contribution is 2.43. The minimum absolute atomic E-state index is 0.0236. The molecule has 2 fully saturated rings. The number of carbonyl (C=O) groups is 2. The molecule has 2 amide bonds. The minimum Gasteiger partial charge on any atom is -0.352 e. The maximum Gasteiger partial charge on any atom is 0.246 e. The number of nitrogens with zero attached hydrogens (tertiary/aromatic N) is 3. The van der Waals surface area contributed by atoms with E-state index >= 15 is 0 Å². The topological polar surface area (TPSA) is 84.3 Å². The van der Waals surface area contributed by atoms with Crippen LogP contribution in [0, 0.1) is 0 Å². The summed E-state index contributed by atoms with van der Waals surface area (Å²) in [6.45, 7) is 1.02. The lowest BCUT2D eigenvalue weighted by atomic mass is 10.1. The number of aromatic nitrogens is 2. The Balaban J connectivity index is 1.66. The van der Waals surface area contributed by atoms with Gasteiger partial charge in [-0.2, -0.15) is 5.10 Å². The first kappa shape index (κ1) is 13.9. The van der Waals surface area contributed by atoms with Crippen molar-refractivity contribution in [1.82, 2.24) is 20.0 Å². The molecule has 7 heteroatoms. The molecule has 1 N–H and O–H groups in total. The fourth-order valence-corrected chi connectivity index (χ4v) is 3.26. The number of hydrogen-bond acceptors (Lipinski definition) is 4. The van der Waals surface area contributed by atoms with E-state index in [4.69, 9.17) is 0 Å². The molecule has 2 aliphatic rings. The second-order valence-corrected chi connectivity index (χ2v) is 6.02. The second-order valence-electron chi connectivity index (χ2n) is 6.02. The van der Waals surface area contributed by atoms with E-state index in [1.165, 1.54) is 10.9 Å². The van der Waals surface area contributed by atoms with Crippen molar-refractivity contribution in [2.24, 2.45) is 0 Å². The van der Waals surface area contributed by atoms with Crippen LogP contribution >= 0.6 is 0 Å². The highest BCUT2D eigenvalue weighted by atomic mass is 16.2. The Kier molecular flexibility index (Phi) is 2.97. The molecule has 118 valence electrons. The first-order chi connectivity index (χ1) is 11.1. The molecule has 0 bridgehead atoms. The number of carbonyl (C=O) groups excluding carboxylic acids is 2. The van der Waals surface area contributed by atoms with Crippen LogP contribution in [0.1, 0.15) is 12.8 Å². The molecular weight excluding hydrogens is 296 g/mol. The first-order valence-corrected chi connectivity index (χ1v) is 7.65. The Labute approximate surface area is 131 Å². The standard InChI is InChI=1S/C16H16N4O3/c21-13-9-18-20(12-4-2-1-3-11(12)13)10-14(22)19-8-7-17-15(23)16(19)5-6-16/h1-4,9H,5-8,10H2,(H,17,23). The van der Waals surface area contributed by atoms with Gasteiger partial charge in [0.15, 0.2) is 0 Å². The first-order valence-electron chi connectivity index (χ1n) is 7.65.